The van der Waals surface area contributed by atoms with Crippen LogP contribution in [-0.2, 0) is 6.42 Å². The van der Waals surface area contributed by atoms with Crippen molar-refractivity contribution < 1.29 is 0 Å². The zero-order valence-corrected chi connectivity index (χ0v) is 12.4. The largest absolute Gasteiger partial charge is 0.385 e. The lowest BCUT2D eigenvalue weighted by Gasteiger charge is -2.08. The van der Waals surface area contributed by atoms with Crippen molar-refractivity contribution in [2.45, 2.75) is 19.8 Å². The third-order valence-corrected chi connectivity index (χ3v) is 3.86. The topological polar surface area (TPSA) is 12.0 Å². The molecule has 0 amide bonds. The molecule has 0 saturated carbocycles. The quantitative estimate of drug-likeness (QED) is 0.733. The Balaban J connectivity index is 1.81. The standard InChI is InChI=1S/C16H17Cl2N/c1-12-8-9-14(11-16(12)18)19-10-4-6-13-5-2-3-7-15(13)17/h2-3,5,7-9,11,19H,4,6,10H2,1H3. The molecule has 0 unspecified atom stereocenters. The van der Waals surface area contributed by atoms with Crippen LogP contribution in [0.1, 0.15) is 17.5 Å². The summed E-state index contributed by atoms with van der Waals surface area (Å²) >= 11 is 12.2. The third kappa shape index (κ3) is 4.15. The number of hydrogen-bond acceptors (Lipinski definition) is 1. The molecule has 0 spiro atoms. The molecule has 0 saturated heterocycles. The van der Waals surface area contributed by atoms with Gasteiger partial charge in [-0.25, -0.2) is 0 Å². The molecule has 2 rings (SSSR count). The molecule has 0 heterocycles. The number of anilines is 1. The van der Waals surface area contributed by atoms with Crippen molar-refractivity contribution in [3.05, 3.63) is 63.6 Å². The van der Waals surface area contributed by atoms with Crippen molar-refractivity contribution in [2.24, 2.45) is 0 Å². The predicted octanol–water partition coefficient (Wildman–Crippen LogP) is 5.35. The van der Waals surface area contributed by atoms with Gasteiger partial charge in [-0.05, 0) is 49.1 Å². The summed E-state index contributed by atoms with van der Waals surface area (Å²) in [6.45, 7) is 2.91. The molecule has 0 aromatic heterocycles. The second-order valence-corrected chi connectivity index (χ2v) is 5.40. The van der Waals surface area contributed by atoms with E-state index in [1.54, 1.807) is 0 Å². The van der Waals surface area contributed by atoms with Gasteiger partial charge in [0.05, 0.1) is 0 Å². The smallest absolute Gasteiger partial charge is 0.0455 e. The first-order valence-corrected chi connectivity index (χ1v) is 7.16. The SMILES string of the molecule is Cc1ccc(NCCCc2ccccc2Cl)cc1Cl. The van der Waals surface area contributed by atoms with Gasteiger partial charge in [0.1, 0.15) is 0 Å². The zero-order valence-electron chi connectivity index (χ0n) is 10.9. The van der Waals surface area contributed by atoms with Crippen molar-refractivity contribution in [3.8, 4) is 0 Å². The fourth-order valence-electron chi connectivity index (χ4n) is 1.92. The molecule has 1 N–H and O–H groups in total. The normalized spacial score (nSPS) is 10.5. The Kier molecular flexibility index (Phi) is 5.12. The molecule has 0 aliphatic heterocycles. The molecule has 0 atom stereocenters. The highest BCUT2D eigenvalue weighted by Crippen LogP contribution is 2.20. The molecule has 2 aromatic carbocycles. The van der Waals surface area contributed by atoms with E-state index >= 15 is 0 Å². The number of nitrogens with one attached hydrogen (secondary N) is 1. The molecule has 100 valence electrons. The summed E-state index contributed by atoms with van der Waals surface area (Å²) < 4.78 is 0. The van der Waals surface area contributed by atoms with Crippen molar-refractivity contribution in [3.63, 3.8) is 0 Å². The van der Waals surface area contributed by atoms with Gasteiger partial charge in [0, 0.05) is 22.3 Å². The van der Waals surface area contributed by atoms with Gasteiger partial charge in [0.2, 0.25) is 0 Å². The first-order chi connectivity index (χ1) is 9.16. The summed E-state index contributed by atoms with van der Waals surface area (Å²) in [7, 11) is 0. The second kappa shape index (κ2) is 6.83. The van der Waals surface area contributed by atoms with Crippen LogP contribution in [0.3, 0.4) is 0 Å². The number of benzene rings is 2. The first-order valence-electron chi connectivity index (χ1n) is 6.40. The highest BCUT2D eigenvalue weighted by molar-refractivity contribution is 6.31. The fraction of sp³-hybridized carbons (Fsp3) is 0.250. The van der Waals surface area contributed by atoms with E-state index in [9.17, 15) is 0 Å². The fourth-order valence-corrected chi connectivity index (χ4v) is 2.33. The van der Waals surface area contributed by atoms with Crippen LogP contribution in [0.15, 0.2) is 42.5 Å². The molecule has 0 aliphatic rings. The van der Waals surface area contributed by atoms with Gasteiger partial charge in [0.15, 0.2) is 0 Å². The van der Waals surface area contributed by atoms with E-state index in [1.807, 2.05) is 37.3 Å². The molecule has 3 heteroatoms. The maximum atomic E-state index is 6.12. The molecule has 0 fully saturated rings. The van der Waals surface area contributed by atoms with Crippen LogP contribution in [0.4, 0.5) is 5.69 Å². The van der Waals surface area contributed by atoms with E-state index in [-0.39, 0.29) is 0 Å². The molecule has 19 heavy (non-hydrogen) atoms. The summed E-state index contributed by atoms with van der Waals surface area (Å²) in [5, 5.41) is 5.02. The Morgan fingerprint density at radius 1 is 1.00 bits per heavy atom. The minimum Gasteiger partial charge on any atom is -0.385 e. The minimum absolute atomic E-state index is 0.802. The van der Waals surface area contributed by atoms with Crippen LogP contribution in [0.25, 0.3) is 0 Å². The van der Waals surface area contributed by atoms with Crippen molar-refractivity contribution in [1.82, 2.24) is 0 Å². The molecule has 0 aliphatic carbocycles. The van der Waals surface area contributed by atoms with E-state index in [0.29, 0.717) is 0 Å². The van der Waals surface area contributed by atoms with Gasteiger partial charge in [0.25, 0.3) is 0 Å². The highest BCUT2D eigenvalue weighted by atomic mass is 35.5. The number of hydrogen-bond donors (Lipinski definition) is 1. The second-order valence-electron chi connectivity index (χ2n) is 4.59. The van der Waals surface area contributed by atoms with Crippen LogP contribution >= 0.6 is 23.2 Å². The minimum atomic E-state index is 0.802. The molecule has 1 nitrogen and oxygen atoms in total. The lowest BCUT2D eigenvalue weighted by Crippen LogP contribution is -2.03. The average Bonchev–Trinajstić information content (AvgIpc) is 2.40. The summed E-state index contributed by atoms with van der Waals surface area (Å²) in [6, 6.07) is 14.0. The Morgan fingerprint density at radius 3 is 2.53 bits per heavy atom. The Labute approximate surface area is 124 Å². The molecular weight excluding hydrogens is 277 g/mol. The van der Waals surface area contributed by atoms with Gasteiger partial charge in [-0.15, -0.1) is 0 Å². The molecule has 0 bridgehead atoms. The first kappa shape index (κ1) is 14.2. The lowest BCUT2D eigenvalue weighted by molar-refractivity contribution is 0.863. The van der Waals surface area contributed by atoms with Crippen LogP contribution in [0.5, 0.6) is 0 Å². The Hall–Kier alpha value is -1.18. The van der Waals surface area contributed by atoms with Gasteiger partial charge in [-0.1, -0.05) is 47.5 Å². The third-order valence-electron chi connectivity index (χ3n) is 3.08. The average molecular weight is 294 g/mol. The Bertz CT molecular complexity index is 552. The van der Waals surface area contributed by atoms with E-state index in [2.05, 4.69) is 17.4 Å². The van der Waals surface area contributed by atoms with Gasteiger partial charge in [-0.2, -0.15) is 0 Å². The lowest BCUT2D eigenvalue weighted by atomic mass is 10.1. The zero-order chi connectivity index (χ0) is 13.7. The number of rotatable bonds is 5. The summed E-state index contributed by atoms with van der Waals surface area (Å²) in [5.41, 5.74) is 3.37. The van der Waals surface area contributed by atoms with Crippen molar-refractivity contribution in [2.75, 3.05) is 11.9 Å². The summed E-state index contributed by atoms with van der Waals surface area (Å²) in [5.74, 6) is 0. The van der Waals surface area contributed by atoms with Gasteiger partial charge in [-0.3, -0.25) is 0 Å². The van der Waals surface area contributed by atoms with E-state index in [0.717, 1.165) is 40.7 Å². The van der Waals surface area contributed by atoms with Crippen LogP contribution in [-0.4, -0.2) is 6.54 Å². The van der Waals surface area contributed by atoms with Crippen molar-refractivity contribution in [1.29, 1.82) is 0 Å². The van der Waals surface area contributed by atoms with E-state index in [4.69, 9.17) is 23.2 Å². The summed E-state index contributed by atoms with van der Waals surface area (Å²) in [4.78, 5) is 0. The van der Waals surface area contributed by atoms with E-state index < -0.39 is 0 Å². The van der Waals surface area contributed by atoms with Crippen LogP contribution in [0.2, 0.25) is 10.0 Å². The van der Waals surface area contributed by atoms with E-state index in [1.165, 1.54) is 5.56 Å². The highest BCUT2D eigenvalue weighted by Gasteiger charge is 2.00. The predicted molar refractivity (Wildman–Crippen MR) is 84.5 cm³/mol. The van der Waals surface area contributed by atoms with Crippen LogP contribution in [0, 0.1) is 6.92 Å². The molecule has 2 aromatic rings. The maximum Gasteiger partial charge on any atom is 0.0455 e. The molecular formula is C16H17Cl2N. The monoisotopic (exact) mass is 293 g/mol. The van der Waals surface area contributed by atoms with Crippen molar-refractivity contribution >= 4 is 28.9 Å². The van der Waals surface area contributed by atoms with Gasteiger partial charge < -0.3 is 5.32 Å². The van der Waals surface area contributed by atoms with Crippen LogP contribution < -0.4 is 5.32 Å². The van der Waals surface area contributed by atoms with Gasteiger partial charge >= 0.3 is 0 Å². The number of halogens is 2. The Morgan fingerprint density at radius 2 is 1.79 bits per heavy atom. The number of aryl methyl sites for hydroxylation is 2. The summed E-state index contributed by atoms with van der Waals surface area (Å²) in [6.07, 6.45) is 2.02. The maximum absolute atomic E-state index is 6.12. The molecule has 0 radical (unpaired) electrons.